The first kappa shape index (κ1) is 23.2. The molecule has 35 heavy (non-hydrogen) atoms. The van der Waals surface area contributed by atoms with Crippen LogP contribution in [0.4, 0.5) is 0 Å². The Balaban J connectivity index is 1.93. The van der Waals surface area contributed by atoms with E-state index < -0.39 is 14.2 Å². The topological polar surface area (TPSA) is 49.7 Å². The minimum atomic E-state index is -2.70. The molecule has 0 atom stereocenters. The average molecular weight is 477 g/mol. The summed E-state index contributed by atoms with van der Waals surface area (Å²) in [4.78, 5) is 20.6. The second-order valence-corrected chi connectivity index (χ2v) is 8.91. The van der Waals surface area contributed by atoms with Crippen LogP contribution in [0.2, 0.25) is 0 Å². The molecule has 5 aromatic rings. The lowest BCUT2D eigenvalue weighted by Gasteiger charge is -2.37. The average Bonchev–Trinajstić information content (AvgIpc) is 2.93. The van der Waals surface area contributed by atoms with E-state index in [1.807, 2.05) is 109 Å². The Hall–Kier alpha value is -3.59. The van der Waals surface area contributed by atoms with Crippen LogP contribution in [0.3, 0.4) is 0 Å². The van der Waals surface area contributed by atoms with E-state index in [0.717, 1.165) is 38.9 Å². The Kier molecular flexibility index (Phi) is 6.85. The minimum absolute atomic E-state index is 0.809. The molecule has 0 spiro atoms. The zero-order valence-electron chi connectivity index (χ0n) is 19.0. The van der Waals surface area contributed by atoms with E-state index in [-0.39, 0.29) is 0 Å². The van der Waals surface area contributed by atoms with Gasteiger partial charge in [-0.2, -0.15) is 0 Å². The fourth-order valence-corrected chi connectivity index (χ4v) is 5.27. The minimum Gasteiger partial charge on any atom is -0.328 e. The molecule has 0 amide bonds. The van der Waals surface area contributed by atoms with Gasteiger partial charge in [-0.05, 0) is 33.4 Å². The SMILES string of the molecule is OP(O)OC(c1ccccc1)(c1ccccc1)c1cccc(-c2ccccc2)c1-c1ccccc1. The molecule has 0 aliphatic heterocycles. The molecule has 0 aliphatic rings. The summed E-state index contributed by atoms with van der Waals surface area (Å²) in [7, 11) is -2.70. The third-order valence-corrected chi connectivity index (χ3v) is 6.61. The highest BCUT2D eigenvalue weighted by atomic mass is 31.2. The van der Waals surface area contributed by atoms with Crippen LogP contribution in [-0.2, 0) is 10.1 Å². The third-order valence-electron chi connectivity index (χ3n) is 6.17. The van der Waals surface area contributed by atoms with Crippen LogP contribution in [0, 0.1) is 0 Å². The molecular formula is C31H25O3P. The summed E-state index contributed by atoms with van der Waals surface area (Å²) in [5.41, 5.74) is 5.29. The molecule has 0 unspecified atom stereocenters. The van der Waals surface area contributed by atoms with E-state index in [4.69, 9.17) is 4.52 Å². The van der Waals surface area contributed by atoms with Crippen LogP contribution < -0.4 is 0 Å². The predicted octanol–water partition coefficient (Wildman–Crippen LogP) is 7.54. The third kappa shape index (κ3) is 4.55. The van der Waals surface area contributed by atoms with Gasteiger partial charge in [0.15, 0.2) is 5.60 Å². The molecule has 0 saturated heterocycles. The summed E-state index contributed by atoms with van der Waals surface area (Å²) in [6, 6.07) is 46.0. The van der Waals surface area contributed by atoms with Crippen molar-refractivity contribution in [2.75, 3.05) is 0 Å². The second-order valence-electron chi connectivity index (χ2n) is 8.22. The summed E-state index contributed by atoms with van der Waals surface area (Å²) in [6.07, 6.45) is 0. The lowest BCUT2D eigenvalue weighted by molar-refractivity contribution is 0.130. The highest BCUT2D eigenvalue weighted by molar-refractivity contribution is 7.39. The van der Waals surface area contributed by atoms with Crippen molar-refractivity contribution in [3.63, 3.8) is 0 Å². The fraction of sp³-hybridized carbons (Fsp3) is 0.0323. The smallest absolute Gasteiger partial charge is 0.328 e. The van der Waals surface area contributed by atoms with Gasteiger partial charge in [-0.1, -0.05) is 140 Å². The quantitative estimate of drug-likeness (QED) is 0.188. The van der Waals surface area contributed by atoms with Crippen LogP contribution in [0.5, 0.6) is 0 Å². The van der Waals surface area contributed by atoms with E-state index in [1.54, 1.807) is 0 Å². The highest BCUT2D eigenvalue weighted by Crippen LogP contribution is 2.52. The monoisotopic (exact) mass is 476 g/mol. The van der Waals surface area contributed by atoms with Crippen molar-refractivity contribution < 1.29 is 14.3 Å². The van der Waals surface area contributed by atoms with Gasteiger partial charge in [-0.15, -0.1) is 0 Å². The van der Waals surface area contributed by atoms with Crippen molar-refractivity contribution in [1.29, 1.82) is 0 Å². The van der Waals surface area contributed by atoms with Gasteiger partial charge in [0.1, 0.15) is 0 Å². The van der Waals surface area contributed by atoms with Crippen LogP contribution in [0.15, 0.2) is 140 Å². The van der Waals surface area contributed by atoms with Gasteiger partial charge in [0.05, 0.1) is 0 Å². The summed E-state index contributed by atoms with van der Waals surface area (Å²) >= 11 is 0. The van der Waals surface area contributed by atoms with E-state index in [1.165, 1.54) is 0 Å². The van der Waals surface area contributed by atoms with Gasteiger partial charge in [-0.3, -0.25) is 4.52 Å². The van der Waals surface area contributed by atoms with Crippen LogP contribution in [0.25, 0.3) is 22.3 Å². The first-order chi connectivity index (χ1) is 17.2. The van der Waals surface area contributed by atoms with Gasteiger partial charge in [0, 0.05) is 5.56 Å². The van der Waals surface area contributed by atoms with Gasteiger partial charge >= 0.3 is 8.60 Å². The molecule has 0 fully saturated rings. The van der Waals surface area contributed by atoms with Gasteiger partial charge in [0.2, 0.25) is 0 Å². The summed E-state index contributed by atoms with van der Waals surface area (Å²) in [5, 5.41) is 0. The summed E-state index contributed by atoms with van der Waals surface area (Å²) in [5.74, 6) is 0. The van der Waals surface area contributed by atoms with Crippen molar-refractivity contribution in [2.24, 2.45) is 0 Å². The zero-order valence-corrected chi connectivity index (χ0v) is 19.9. The molecule has 5 aromatic carbocycles. The molecule has 0 saturated carbocycles. The fourth-order valence-electron chi connectivity index (χ4n) is 4.72. The predicted molar refractivity (Wildman–Crippen MR) is 143 cm³/mol. The number of benzene rings is 5. The first-order valence-corrected chi connectivity index (χ1v) is 12.6. The molecule has 0 radical (unpaired) electrons. The molecule has 0 heterocycles. The molecule has 0 aromatic heterocycles. The molecule has 5 rings (SSSR count). The maximum Gasteiger partial charge on any atom is 0.328 e. The van der Waals surface area contributed by atoms with Crippen molar-refractivity contribution in [3.05, 3.63) is 156 Å². The molecule has 3 nitrogen and oxygen atoms in total. The lowest BCUT2D eigenvalue weighted by atomic mass is 9.75. The molecular weight excluding hydrogens is 451 g/mol. The summed E-state index contributed by atoms with van der Waals surface area (Å²) in [6.45, 7) is 0. The first-order valence-electron chi connectivity index (χ1n) is 11.4. The Labute approximate surface area is 206 Å². The Morgan fingerprint density at radius 1 is 0.486 bits per heavy atom. The largest absolute Gasteiger partial charge is 0.328 e. The van der Waals surface area contributed by atoms with Gasteiger partial charge in [-0.25, -0.2) is 0 Å². The molecule has 2 N–H and O–H groups in total. The van der Waals surface area contributed by atoms with Gasteiger partial charge < -0.3 is 9.79 Å². The van der Waals surface area contributed by atoms with Crippen LogP contribution in [-0.4, -0.2) is 9.79 Å². The van der Waals surface area contributed by atoms with E-state index in [2.05, 4.69) is 30.3 Å². The Morgan fingerprint density at radius 3 is 1.43 bits per heavy atom. The number of rotatable bonds is 7. The Bertz CT molecular complexity index is 1330. The molecule has 0 bridgehead atoms. The molecule has 172 valence electrons. The van der Waals surface area contributed by atoms with E-state index in [0.29, 0.717) is 0 Å². The van der Waals surface area contributed by atoms with Gasteiger partial charge in [0.25, 0.3) is 0 Å². The number of hydrogen-bond acceptors (Lipinski definition) is 3. The normalized spacial score (nSPS) is 11.5. The maximum absolute atomic E-state index is 10.3. The lowest BCUT2D eigenvalue weighted by Crippen LogP contribution is -2.32. The molecule has 0 aliphatic carbocycles. The highest BCUT2D eigenvalue weighted by Gasteiger charge is 2.42. The van der Waals surface area contributed by atoms with Crippen LogP contribution in [0.1, 0.15) is 16.7 Å². The zero-order chi connectivity index (χ0) is 24.1. The van der Waals surface area contributed by atoms with Crippen molar-refractivity contribution in [2.45, 2.75) is 5.60 Å². The standard InChI is InChI=1S/C31H25O3P/c32-35(33)34-31(26-18-9-3-10-19-26,27-20-11-4-12-21-27)29-23-13-22-28(24-14-5-1-6-15-24)30(29)25-16-7-2-8-17-25/h1-23,32-33H. The maximum atomic E-state index is 10.3. The number of hydrogen-bond donors (Lipinski definition) is 2. The van der Waals surface area contributed by atoms with E-state index in [9.17, 15) is 9.79 Å². The van der Waals surface area contributed by atoms with Crippen molar-refractivity contribution >= 4 is 8.60 Å². The van der Waals surface area contributed by atoms with E-state index >= 15 is 0 Å². The second kappa shape index (κ2) is 10.4. The summed E-state index contributed by atoms with van der Waals surface area (Å²) < 4.78 is 6.23. The molecule has 4 heteroatoms. The van der Waals surface area contributed by atoms with Crippen molar-refractivity contribution in [3.8, 4) is 22.3 Å². The Morgan fingerprint density at radius 2 is 0.943 bits per heavy atom. The van der Waals surface area contributed by atoms with Crippen LogP contribution >= 0.6 is 8.60 Å². The van der Waals surface area contributed by atoms with Crippen molar-refractivity contribution in [1.82, 2.24) is 0 Å².